The molecule has 0 aromatic carbocycles. The van der Waals surface area contributed by atoms with Gasteiger partial charge in [0.05, 0.1) is 6.20 Å². The minimum absolute atomic E-state index is 0.600. The Bertz CT molecular complexity index is 467. The number of anilines is 1. The van der Waals surface area contributed by atoms with Gasteiger partial charge in [-0.05, 0) is 11.8 Å². The van der Waals surface area contributed by atoms with E-state index in [9.17, 15) is 0 Å². The third-order valence-corrected chi connectivity index (χ3v) is 2.80. The lowest BCUT2D eigenvalue weighted by Gasteiger charge is -2.05. The van der Waals surface area contributed by atoms with E-state index in [0.717, 1.165) is 22.3 Å². The molecule has 0 unspecified atom stereocenters. The number of hydrogen-bond donors (Lipinski definition) is 2. The molecule has 0 saturated heterocycles. The maximum Gasteiger partial charge on any atom is 0.144 e. The van der Waals surface area contributed by atoms with E-state index in [1.807, 2.05) is 6.92 Å². The first-order chi connectivity index (χ1) is 8.31. The number of aryl methyl sites for hydroxylation is 1. The minimum Gasteiger partial charge on any atom is -0.308 e. The summed E-state index contributed by atoms with van der Waals surface area (Å²) in [6.45, 7) is 1.99. The molecule has 6 nitrogen and oxygen atoms in total. The van der Waals surface area contributed by atoms with Crippen LogP contribution in [0.1, 0.15) is 12.7 Å². The van der Waals surface area contributed by atoms with E-state index >= 15 is 0 Å². The number of rotatable bonds is 4. The van der Waals surface area contributed by atoms with Gasteiger partial charge in [0.2, 0.25) is 0 Å². The van der Waals surface area contributed by atoms with Crippen molar-refractivity contribution in [3.05, 3.63) is 30.5 Å². The van der Waals surface area contributed by atoms with E-state index in [0.29, 0.717) is 5.82 Å². The number of hydrazine groups is 1. The Hall–Kier alpha value is -1.73. The number of aromatic nitrogens is 4. The molecule has 0 amide bonds. The molecule has 17 heavy (non-hydrogen) atoms. The molecular formula is C10H12N6S. The van der Waals surface area contributed by atoms with Gasteiger partial charge >= 0.3 is 0 Å². The monoisotopic (exact) mass is 248 g/mol. The molecule has 3 N–H and O–H groups in total. The first-order valence-electron chi connectivity index (χ1n) is 5.10. The summed E-state index contributed by atoms with van der Waals surface area (Å²) in [5, 5.41) is 1.58. The van der Waals surface area contributed by atoms with E-state index in [-0.39, 0.29) is 0 Å². The summed E-state index contributed by atoms with van der Waals surface area (Å²) >= 11 is 1.43. The molecule has 0 fully saturated rings. The van der Waals surface area contributed by atoms with E-state index in [1.165, 1.54) is 11.8 Å². The fraction of sp³-hybridized carbons (Fsp3) is 0.200. The molecule has 0 atom stereocenters. The highest BCUT2D eigenvalue weighted by molar-refractivity contribution is 7.99. The lowest BCUT2D eigenvalue weighted by atomic mass is 10.4. The molecule has 2 heterocycles. The van der Waals surface area contributed by atoms with Crippen LogP contribution in [0.15, 0.2) is 34.7 Å². The van der Waals surface area contributed by atoms with Crippen molar-refractivity contribution in [3.63, 3.8) is 0 Å². The fourth-order valence-corrected chi connectivity index (χ4v) is 1.97. The summed E-state index contributed by atoms with van der Waals surface area (Å²) in [7, 11) is 0. The molecule has 0 radical (unpaired) electrons. The highest BCUT2D eigenvalue weighted by Crippen LogP contribution is 2.24. The average Bonchev–Trinajstić information content (AvgIpc) is 2.39. The predicted molar refractivity (Wildman–Crippen MR) is 65.4 cm³/mol. The summed E-state index contributed by atoms with van der Waals surface area (Å²) in [5.41, 5.74) is 2.53. The summed E-state index contributed by atoms with van der Waals surface area (Å²) in [4.78, 5) is 16.8. The van der Waals surface area contributed by atoms with Crippen molar-refractivity contribution < 1.29 is 0 Å². The normalized spacial score (nSPS) is 10.2. The van der Waals surface area contributed by atoms with E-state index in [2.05, 4.69) is 25.4 Å². The smallest absolute Gasteiger partial charge is 0.144 e. The predicted octanol–water partition coefficient (Wildman–Crippen LogP) is 1.27. The topological polar surface area (TPSA) is 89.6 Å². The average molecular weight is 248 g/mol. The SMILES string of the molecule is CCc1nc(NN)cc(Sc2cnccn2)n1. The number of nitrogens with zero attached hydrogens (tertiary/aromatic N) is 4. The Morgan fingerprint density at radius 1 is 1.29 bits per heavy atom. The van der Waals surface area contributed by atoms with Crippen LogP contribution in [0.25, 0.3) is 0 Å². The van der Waals surface area contributed by atoms with Crippen molar-refractivity contribution in [2.45, 2.75) is 23.4 Å². The molecule has 0 aliphatic heterocycles. The van der Waals surface area contributed by atoms with Gasteiger partial charge in [-0.1, -0.05) is 6.92 Å². The second-order valence-corrected chi connectivity index (χ2v) is 4.19. The van der Waals surface area contributed by atoms with Crippen molar-refractivity contribution >= 4 is 17.6 Å². The maximum absolute atomic E-state index is 5.36. The molecule has 88 valence electrons. The number of nitrogen functional groups attached to an aromatic ring is 1. The van der Waals surface area contributed by atoms with Crippen molar-refractivity contribution in [3.8, 4) is 0 Å². The number of nitrogens with two attached hydrogens (primary N) is 1. The Labute approximate surface area is 103 Å². The zero-order valence-electron chi connectivity index (χ0n) is 9.29. The molecule has 7 heteroatoms. The van der Waals surface area contributed by atoms with Crippen LogP contribution in [0.4, 0.5) is 5.82 Å². The van der Waals surface area contributed by atoms with Crippen LogP contribution < -0.4 is 11.3 Å². The van der Waals surface area contributed by atoms with Crippen molar-refractivity contribution in [1.82, 2.24) is 19.9 Å². The van der Waals surface area contributed by atoms with Crippen LogP contribution in [-0.4, -0.2) is 19.9 Å². The molecule has 0 spiro atoms. The van der Waals surface area contributed by atoms with Gasteiger partial charge in [0.25, 0.3) is 0 Å². The summed E-state index contributed by atoms with van der Waals surface area (Å²) in [6, 6.07) is 1.78. The molecule has 2 aromatic heterocycles. The summed E-state index contributed by atoms with van der Waals surface area (Å²) < 4.78 is 0. The van der Waals surface area contributed by atoms with Crippen LogP contribution in [0.5, 0.6) is 0 Å². The standard InChI is InChI=1S/C10H12N6S/c1-2-7-14-8(16-11)5-9(15-7)17-10-6-12-3-4-13-10/h3-6H,2,11H2,1H3,(H,14,15,16). The van der Waals surface area contributed by atoms with Crippen molar-refractivity contribution in [1.29, 1.82) is 0 Å². The molecule has 0 aliphatic rings. The van der Waals surface area contributed by atoms with Gasteiger partial charge < -0.3 is 5.43 Å². The van der Waals surface area contributed by atoms with Gasteiger partial charge in [0.15, 0.2) is 0 Å². The second kappa shape index (κ2) is 5.55. The third-order valence-electron chi connectivity index (χ3n) is 1.96. The van der Waals surface area contributed by atoms with Crippen molar-refractivity contribution in [2.75, 3.05) is 5.43 Å². The van der Waals surface area contributed by atoms with E-state index < -0.39 is 0 Å². The quantitative estimate of drug-likeness (QED) is 0.478. The second-order valence-electron chi connectivity index (χ2n) is 3.15. The Kier molecular flexibility index (Phi) is 3.84. The van der Waals surface area contributed by atoms with Crippen LogP contribution in [-0.2, 0) is 6.42 Å². The van der Waals surface area contributed by atoms with Crippen LogP contribution in [0, 0.1) is 0 Å². The van der Waals surface area contributed by atoms with Gasteiger partial charge in [-0.25, -0.2) is 20.8 Å². The zero-order valence-corrected chi connectivity index (χ0v) is 10.1. The van der Waals surface area contributed by atoms with Crippen LogP contribution in [0.3, 0.4) is 0 Å². The molecule has 2 rings (SSSR count). The highest BCUT2D eigenvalue weighted by Gasteiger charge is 2.05. The first-order valence-corrected chi connectivity index (χ1v) is 5.92. The Morgan fingerprint density at radius 2 is 2.18 bits per heavy atom. The van der Waals surface area contributed by atoms with Crippen LogP contribution in [0.2, 0.25) is 0 Å². The summed E-state index contributed by atoms with van der Waals surface area (Å²) in [6.07, 6.45) is 5.72. The molecule has 0 saturated carbocycles. The largest absolute Gasteiger partial charge is 0.308 e. The fourth-order valence-electron chi connectivity index (χ4n) is 1.20. The Morgan fingerprint density at radius 3 is 2.82 bits per heavy atom. The molecule has 0 aliphatic carbocycles. The lowest BCUT2D eigenvalue weighted by molar-refractivity contribution is 0.886. The van der Waals surface area contributed by atoms with E-state index in [4.69, 9.17) is 5.84 Å². The molecule has 0 bridgehead atoms. The van der Waals surface area contributed by atoms with Gasteiger partial charge in [-0.2, -0.15) is 0 Å². The number of hydrogen-bond acceptors (Lipinski definition) is 7. The van der Waals surface area contributed by atoms with E-state index in [1.54, 1.807) is 24.7 Å². The first kappa shape index (κ1) is 11.7. The molecule has 2 aromatic rings. The maximum atomic E-state index is 5.36. The molecular weight excluding hydrogens is 236 g/mol. The highest BCUT2D eigenvalue weighted by atomic mass is 32.2. The van der Waals surface area contributed by atoms with Crippen LogP contribution >= 0.6 is 11.8 Å². The lowest BCUT2D eigenvalue weighted by Crippen LogP contribution is -2.10. The van der Waals surface area contributed by atoms with Gasteiger partial charge in [-0.15, -0.1) is 0 Å². The zero-order chi connectivity index (χ0) is 12.1. The Balaban J connectivity index is 2.26. The van der Waals surface area contributed by atoms with Gasteiger partial charge in [0.1, 0.15) is 21.7 Å². The summed E-state index contributed by atoms with van der Waals surface area (Å²) in [5.74, 6) is 6.70. The van der Waals surface area contributed by atoms with Crippen molar-refractivity contribution in [2.24, 2.45) is 5.84 Å². The van der Waals surface area contributed by atoms with Gasteiger partial charge in [-0.3, -0.25) is 4.98 Å². The third kappa shape index (κ3) is 3.11. The van der Waals surface area contributed by atoms with Gasteiger partial charge in [0, 0.05) is 24.9 Å². The minimum atomic E-state index is 0.600. The number of nitrogens with one attached hydrogen (secondary N) is 1.